The van der Waals surface area contributed by atoms with E-state index in [1.807, 2.05) is 38.1 Å². The van der Waals surface area contributed by atoms with Crippen LogP contribution in [0.1, 0.15) is 17.5 Å². The predicted octanol–water partition coefficient (Wildman–Crippen LogP) is 5.05. The van der Waals surface area contributed by atoms with Gasteiger partial charge in [-0.25, -0.2) is 0 Å². The van der Waals surface area contributed by atoms with Gasteiger partial charge in [0, 0.05) is 34.4 Å². The first-order valence-electron chi connectivity index (χ1n) is 7.02. The van der Waals surface area contributed by atoms with Gasteiger partial charge in [0.15, 0.2) is 0 Å². The molecule has 5 heteroatoms. The summed E-state index contributed by atoms with van der Waals surface area (Å²) < 4.78 is 0. The van der Waals surface area contributed by atoms with E-state index in [-0.39, 0.29) is 5.91 Å². The van der Waals surface area contributed by atoms with Crippen LogP contribution in [0, 0.1) is 13.8 Å². The second-order valence-corrected chi connectivity index (χ2v) is 6.02. The lowest BCUT2D eigenvalue weighted by Crippen LogP contribution is -2.17. The SMILES string of the molecule is Cc1ccc(Cl)cc1NCCC(=O)Nc1cc(Cl)ccc1C. The summed E-state index contributed by atoms with van der Waals surface area (Å²) in [6.07, 6.45) is 0.359. The molecule has 2 aromatic carbocycles. The van der Waals surface area contributed by atoms with Crippen molar-refractivity contribution < 1.29 is 4.79 Å². The molecule has 2 N–H and O–H groups in total. The van der Waals surface area contributed by atoms with Gasteiger partial charge in [0.2, 0.25) is 5.91 Å². The Hall–Kier alpha value is -1.71. The van der Waals surface area contributed by atoms with Crippen molar-refractivity contribution in [1.29, 1.82) is 0 Å². The normalized spacial score (nSPS) is 10.4. The first kappa shape index (κ1) is 16.7. The van der Waals surface area contributed by atoms with Crippen molar-refractivity contribution >= 4 is 40.5 Å². The van der Waals surface area contributed by atoms with Crippen molar-refractivity contribution in [3.8, 4) is 0 Å². The highest BCUT2D eigenvalue weighted by molar-refractivity contribution is 6.31. The molecule has 0 aliphatic rings. The van der Waals surface area contributed by atoms with Crippen LogP contribution in [0.4, 0.5) is 11.4 Å². The minimum atomic E-state index is -0.0578. The number of aryl methyl sites for hydroxylation is 2. The maximum absolute atomic E-state index is 12.0. The van der Waals surface area contributed by atoms with Gasteiger partial charge in [-0.15, -0.1) is 0 Å². The molecule has 2 rings (SSSR count). The fourth-order valence-electron chi connectivity index (χ4n) is 2.04. The maximum atomic E-state index is 12.0. The number of nitrogens with one attached hydrogen (secondary N) is 2. The summed E-state index contributed by atoms with van der Waals surface area (Å²) in [6.45, 7) is 4.46. The lowest BCUT2D eigenvalue weighted by atomic mass is 10.2. The van der Waals surface area contributed by atoms with E-state index < -0.39 is 0 Å². The third-order valence-electron chi connectivity index (χ3n) is 3.34. The first-order chi connectivity index (χ1) is 10.5. The monoisotopic (exact) mass is 336 g/mol. The zero-order valence-corrected chi connectivity index (χ0v) is 14.1. The topological polar surface area (TPSA) is 41.1 Å². The van der Waals surface area contributed by atoms with E-state index in [0.29, 0.717) is 23.0 Å². The van der Waals surface area contributed by atoms with Gasteiger partial charge in [0.25, 0.3) is 0 Å². The summed E-state index contributed by atoms with van der Waals surface area (Å²) in [6, 6.07) is 11.1. The van der Waals surface area contributed by atoms with Crippen LogP contribution in [-0.2, 0) is 4.79 Å². The number of amides is 1. The van der Waals surface area contributed by atoms with E-state index in [1.54, 1.807) is 12.1 Å². The molecule has 0 aromatic heterocycles. The zero-order chi connectivity index (χ0) is 16.1. The lowest BCUT2D eigenvalue weighted by molar-refractivity contribution is -0.115. The summed E-state index contributed by atoms with van der Waals surface area (Å²) in [5.41, 5.74) is 3.77. The fraction of sp³-hybridized carbons (Fsp3) is 0.235. The minimum absolute atomic E-state index is 0.0578. The molecular weight excluding hydrogens is 319 g/mol. The van der Waals surface area contributed by atoms with Crippen molar-refractivity contribution in [2.75, 3.05) is 17.2 Å². The molecule has 0 aliphatic heterocycles. The van der Waals surface area contributed by atoms with Crippen LogP contribution in [0.2, 0.25) is 10.0 Å². The third-order valence-corrected chi connectivity index (χ3v) is 3.81. The molecule has 22 heavy (non-hydrogen) atoms. The van der Waals surface area contributed by atoms with E-state index in [0.717, 1.165) is 22.5 Å². The smallest absolute Gasteiger partial charge is 0.226 e. The highest BCUT2D eigenvalue weighted by Crippen LogP contribution is 2.21. The Morgan fingerprint density at radius 2 is 1.50 bits per heavy atom. The standard InChI is InChI=1S/C17H18Cl2N2O/c1-11-3-5-13(18)9-15(11)20-8-7-17(22)21-16-10-14(19)6-4-12(16)2/h3-6,9-10,20H,7-8H2,1-2H3,(H,21,22). The van der Waals surface area contributed by atoms with Gasteiger partial charge in [0.05, 0.1) is 0 Å². The van der Waals surface area contributed by atoms with Crippen molar-refractivity contribution in [3.63, 3.8) is 0 Å². The van der Waals surface area contributed by atoms with Crippen LogP contribution >= 0.6 is 23.2 Å². The molecule has 0 saturated carbocycles. The maximum Gasteiger partial charge on any atom is 0.226 e. The number of carbonyl (C=O) groups excluding carboxylic acids is 1. The highest BCUT2D eigenvalue weighted by Gasteiger charge is 2.06. The molecule has 0 atom stereocenters. The van der Waals surface area contributed by atoms with Crippen molar-refractivity contribution in [1.82, 2.24) is 0 Å². The zero-order valence-electron chi connectivity index (χ0n) is 12.5. The minimum Gasteiger partial charge on any atom is -0.384 e. The van der Waals surface area contributed by atoms with E-state index in [4.69, 9.17) is 23.2 Å². The quantitative estimate of drug-likeness (QED) is 0.801. The van der Waals surface area contributed by atoms with E-state index in [2.05, 4.69) is 10.6 Å². The summed E-state index contributed by atoms with van der Waals surface area (Å²) in [4.78, 5) is 12.0. The van der Waals surface area contributed by atoms with Gasteiger partial charge in [-0.05, 0) is 49.2 Å². The summed E-state index contributed by atoms with van der Waals surface area (Å²) in [7, 11) is 0. The van der Waals surface area contributed by atoms with Gasteiger partial charge in [-0.2, -0.15) is 0 Å². The molecule has 0 radical (unpaired) electrons. The van der Waals surface area contributed by atoms with E-state index in [1.165, 1.54) is 0 Å². The second kappa shape index (κ2) is 7.52. The average Bonchev–Trinajstić information content (AvgIpc) is 2.46. The molecule has 0 heterocycles. The van der Waals surface area contributed by atoms with Gasteiger partial charge >= 0.3 is 0 Å². The molecule has 0 fully saturated rings. The lowest BCUT2D eigenvalue weighted by Gasteiger charge is -2.11. The Bertz CT molecular complexity index is 686. The Morgan fingerprint density at radius 1 is 0.955 bits per heavy atom. The largest absolute Gasteiger partial charge is 0.384 e. The van der Waals surface area contributed by atoms with Crippen molar-refractivity contribution in [3.05, 3.63) is 57.6 Å². The number of hydrogen-bond donors (Lipinski definition) is 2. The van der Waals surface area contributed by atoms with Gasteiger partial charge in [0.1, 0.15) is 0 Å². The molecule has 0 spiro atoms. The van der Waals surface area contributed by atoms with Crippen LogP contribution in [-0.4, -0.2) is 12.5 Å². The van der Waals surface area contributed by atoms with Crippen molar-refractivity contribution in [2.24, 2.45) is 0 Å². The molecule has 2 aromatic rings. The first-order valence-corrected chi connectivity index (χ1v) is 7.77. The summed E-state index contributed by atoms with van der Waals surface area (Å²) in [5, 5.41) is 7.38. The summed E-state index contributed by atoms with van der Waals surface area (Å²) in [5.74, 6) is -0.0578. The molecule has 3 nitrogen and oxygen atoms in total. The number of carbonyl (C=O) groups is 1. The van der Waals surface area contributed by atoms with Crippen LogP contribution < -0.4 is 10.6 Å². The Kier molecular flexibility index (Phi) is 5.69. The van der Waals surface area contributed by atoms with Crippen LogP contribution in [0.15, 0.2) is 36.4 Å². The molecule has 116 valence electrons. The van der Waals surface area contributed by atoms with E-state index >= 15 is 0 Å². The molecule has 0 aliphatic carbocycles. The Balaban J connectivity index is 1.88. The molecule has 0 unspecified atom stereocenters. The van der Waals surface area contributed by atoms with Crippen LogP contribution in [0.5, 0.6) is 0 Å². The number of hydrogen-bond acceptors (Lipinski definition) is 2. The molecule has 1 amide bonds. The van der Waals surface area contributed by atoms with Crippen LogP contribution in [0.25, 0.3) is 0 Å². The fourth-order valence-corrected chi connectivity index (χ4v) is 2.38. The Morgan fingerprint density at radius 3 is 2.14 bits per heavy atom. The second-order valence-electron chi connectivity index (χ2n) is 5.14. The number of halogens is 2. The Labute approximate surface area is 140 Å². The van der Waals surface area contributed by atoms with Crippen LogP contribution in [0.3, 0.4) is 0 Å². The van der Waals surface area contributed by atoms with Gasteiger partial charge in [-0.3, -0.25) is 4.79 Å². The summed E-state index contributed by atoms with van der Waals surface area (Å²) >= 11 is 11.9. The third kappa shape index (κ3) is 4.65. The van der Waals surface area contributed by atoms with Gasteiger partial charge < -0.3 is 10.6 Å². The van der Waals surface area contributed by atoms with E-state index in [9.17, 15) is 4.79 Å². The van der Waals surface area contributed by atoms with Crippen molar-refractivity contribution in [2.45, 2.75) is 20.3 Å². The predicted molar refractivity (Wildman–Crippen MR) is 94.1 cm³/mol. The molecule has 0 bridgehead atoms. The number of rotatable bonds is 5. The molecular formula is C17H18Cl2N2O. The molecule has 0 saturated heterocycles. The average molecular weight is 337 g/mol. The number of benzene rings is 2. The van der Waals surface area contributed by atoms with Gasteiger partial charge in [-0.1, -0.05) is 35.3 Å². The number of anilines is 2. The highest BCUT2D eigenvalue weighted by atomic mass is 35.5.